The molecule has 0 spiro atoms. The average molecular weight is 173 g/mol. The van der Waals surface area contributed by atoms with E-state index < -0.39 is 8.53 Å². The monoisotopic (exact) mass is 173 g/mol. The number of benzene rings is 1. The molecule has 0 aromatic heterocycles. The Morgan fingerprint density at radius 1 is 1.36 bits per heavy atom. The zero-order valence-electron chi connectivity index (χ0n) is 5.64. The van der Waals surface area contributed by atoms with E-state index in [-0.39, 0.29) is 11.5 Å². The number of aromatic hydroxyl groups is 1. The third kappa shape index (κ3) is 2.35. The maximum absolute atomic E-state index is 9.08. The minimum absolute atomic E-state index is 0.0282. The van der Waals surface area contributed by atoms with E-state index in [2.05, 4.69) is 0 Å². The number of hydrogen-bond acceptors (Lipinski definition) is 4. The van der Waals surface area contributed by atoms with Gasteiger partial charge in [-0.25, -0.2) is 0 Å². The molecular weight excluding hydrogens is 165 g/mol. The minimum atomic E-state index is -1.95. The Labute approximate surface area is 65.2 Å². The summed E-state index contributed by atoms with van der Waals surface area (Å²) in [7, 11) is -1.95. The summed E-state index contributed by atoms with van der Waals surface area (Å²) in [6, 6.07) is 6.30. The highest BCUT2D eigenvalue weighted by Gasteiger charge is 2.03. The van der Waals surface area contributed by atoms with Crippen LogP contribution in [0.2, 0.25) is 0 Å². The van der Waals surface area contributed by atoms with E-state index in [0.29, 0.717) is 0 Å². The number of hydrogen-bond donors (Lipinski definition) is 3. The van der Waals surface area contributed by atoms with Crippen molar-refractivity contribution in [2.45, 2.75) is 0 Å². The second-order valence-corrected chi connectivity index (χ2v) is 2.65. The highest BCUT2D eigenvalue weighted by atomic mass is 31.2. The van der Waals surface area contributed by atoms with Crippen LogP contribution >= 0.6 is 8.53 Å². The maximum atomic E-state index is 9.08. The molecule has 1 aromatic rings. The van der Waals surface area contributed by atoms with E-state index in [4.69, 9.17) is 20.0 Å². The summed E-state index contributed by atoms with van der Waals surface area (Å²) in [5.41, 5.74) is 4.98. The second-order valence-electron chi connectivity index (χ2n) is 1.86. The molecule has 0 aliphatic carbocycles. The molecule has 4 N–H and O–H groups in total. The molecule has 0 fully saturated rings. The zero-order valence-corrected chi connectivity index (χ0v) is 6.53. The molecular formula is C6H8NO3P. The molecule has 0 heterocycles. The van der Waals surface area contributed by atoms with Crippen molar-refractivity contribution < 1.29 is 14.5 Å². The van der Waals surface area contributed by atoms with Crippen molar-refractivity contribution in [3.8, 4) is 11.5 Å². The van der Waals surface area contributed by atoms with Gasteiger partial charge in [0.2, 0.25) is 0 Å². The first-order valence-corrected chi connectivity index (χ1v) is 4.18. The molecule has 0 bridgehead atoms. The van der Waals surface area contributed by atoms with Gasteiger partial charge < -0.3 is 14.5 Å². The van der Waals surface area contributed by atoms with Crippen LogP contribution in [-0.4, -0.2) is 10.00 Å². The predicted octanol–water partition coefficient (Wildman–Crippen LogP) is 0.949. The summed E-state index contributed by atoms with van der Waals surface area (Å²) in [5, 5.41) is 9.08. The van der Waals surface area contributed by atoms with Gasteiger partial charge >= 0.3 is 8.53 Å². The Morgan fingerprint density at radius 2 is 2.00 bits per heavy atom. The summed E-state index contributed by atoms with van der Waals surface area (Å²) in [6.45, 7) is 0. The first kappa shape index (κ1) is 8.27. The first-order chi connectivity index (χ1) is 5.20. The third-order valence-electron chi connectivity index (χ3n) is 1.06. The van der Waals surface area contributed by atoms with Crippen molar-refractivity contribution in [3.05, 3.63) is 24.3 Å². The number of rotatable bonds is 2. The smallest absolute Gasteiger partial charge is 0.312 e. The van der Waals surface area contributed by atoms with Crippen LogP contribution in [0, 0.1) is 0 Å². The highest BCUT2D eigenvalue weighted by molar-refractivity contribution is 7.43. The van der Waals surface area contributed by atoms with Crippen LogP contribution in [0.4, 0.5) is 0 Å². The maximum Gasteiger partial charge on any atom is 0.312 e. The average Bonchev–Trinajstić information content (AvgIpc) is 1.93. The fourth-order valence-corrected chi connectivity index (χ4v) is 0.991. The fraction of sp³-hybridized carbons (Fsp3) is 0. The topological polar surface area (TPSA) is 75.7 Å². The molecule has 11 heavy (non-hydrogen) atoms. The molecule has 0 aliphatic heterocycles. The number of para-hydroxylation sites is 2. The first-order valence-electron chi connectivity index (χ1n) is 2.90. The van der Waals surface area contributed by atoms with Gasteiger partial charge in [0.15, 0.2) is 11.5 Å². The Balaban J connectivity index is 2.78. The van der Waals surface area contributed by atoms with Crippen molar-refractivity contribution >= 4 is 8.53 Å². The summed E-state index contributed by atoms with van der Waals surface area (Å²) < 4.78 is 4.69. The molecule has 60 valence electrons. The van der Waals surface area contributed by atoms with Gasteiger partial charge in [-0.2, -0.15) is 0 Å². The molecule has 1 rings (SSSR count). The lowest BCUT2D eigenvalue weighted by molar-refractivity contribution is 0.426. The normalized spacial score (nSPS) is 12.5. The van der Waals surface area contributed by atoms with Crippen LogP contribution in [0.15, 0.2) is 24.3 Å². The van der Waals surface area contributed by atoms with Crippen LogP contribution in [0.3, 0.4) is 0 Å². The van der Waals surface area contributed by atoms with Crippen LogP contribution in [-0.2, 0) is 0 Å². The zero-order chi connectivity index (χ0) is 8.27. The van der Waals surface area contributed by atoms with Gasteiger partial charge in [-0.3, -0.25) is 5.50 Å². The van der Waals surface area contributed by atoms with Crippen molar-refractivity contribution in [2.24, 2.45) is 5.50 Å². The highest BCUT2D eigenvalue weighted by Crippen LogP contribution is 2.32. The van der Waals surface area contributed by atoms with Crippen LogP contribution in [0.5, 0.6) is 11.5 Å². The molecule has 1 atom stereocenters. The van der Waals surface area contributed by atoms with Crippen molar-refractivity contribution in [2.75, 3.05) is 0 Å². The molecule has 1 unspecified atom stereocenters. The van der Waals surface area contributed by atoms with Gasteiger partial charge in [0.05, 0.1) is 0 Å². The summed E-state index contributed by atoms with van der Waals surface area (Å²) >= 11 is 0. The molecule has 0 saturated carbocycles. The quantitative estimate of drug-likeness (QED) is 0.582. The predicted molar refractivity (Wildman–Crippen MR) is 42.1 cm³/mol. The van der Waals surface area contributed by atoms with Gasteiger partial charge in [-0.1, -0.05) is 12.1 Å². The van der Waals surface area contributed by atoms with Gasteiger partial charge in [0, 0.05) is 0 Å². The molecule has 1 aromatic carbocycles. The van der Waals surface area contributed by atoms with E-state index >= 15 is 0 Å². The molecule has 5 heteroatoms. The van der Waals surface area contributed by atoms with Crippen molar-refractivity contribution in [1.82, 2.24) is 0 Å². The Bertz CT molecular complexity index is 241. The molecule has 0 amide bonds. The lowest BCUT2D eigenvalue weighted by Crippen LogP contribution is -1.94. The Morgan fingerprint density at radius 3 is 2.55 bits per heavy atom. The van der Waals surface area contributed by atoms with Gasteiger partial charge in [-0.15, -0.1) is 0 Å². The minimum Gasteiger partial charge on any atom is -0.504 e. The van der Waals surface area contributed by atoms with E-state index in [1.165, 1.54) is 12.1 Å². The number of nitrogens with two attached hydrogens (primary N) is 1. The second kappa shape index (κ2) is 3.53. The summed E-state index contributed by atoms with van der Waals surface area (Å²) in [6.07, 6.45) is 0. The van der Waals surface area contributed by atoms with E-state index in [0.717, 1.165) is 0 Å². The van der Waals surface area contributed by atoms with Gasteiger partial charge in [0.1, 0.15) is 0 Å². The van der Waals surface area contributed by atoms with E-state index in [1.807, 2.05) is 0 Å². The number of phenols is 1. The molecule has 0 radical (unpaired) electrons. The fourth-order valence-electron chi connectivity index (χ4n) is 0.635. The molecule has 4 nitrogen and oxygen atoms in total. The summed E-state index contributed by atoms with van der Waals surface area (Å²) in [5.74, 6) is 0.170. The van der Waals surface area contributed by atoms with Crippen LogP contribution in [0.1, 0.15) is 0 Å². The van der Waals surface area contributed by atoms with Gasteiger partial charge in [-0.05, 0) is 12.1 Å². The molecule has 0 saturated heterocycles. The largest absolute Gasteiger partial charge is 0.504 e. The van der Waals surface area contributed by atoms with E-state index in [9.17, 15) is 0 Å². The SMILES string of the molecule is NP(O)Oc1ccccc1O. The Kier molecular flexibility index (Phi) is 2.65. The summed E-state index contributed by atoms with van der Waals surface area (Å²) in [4.78, 5) is 8.64. The van der Waals surface area contributed by atoms with Crippen molar-refractivity contribution in [3.63, 3.8) is 0 Å². The Hall–Kier alpha value is -0.830. The van der Waals surface area contributed by atoms with E-state index in [1.54, 1.807) is 12.1 Å². The van der Waals surface area contributed by atoms with Crippen LogP contribution in [0.25, 0.3) is 0 Å². The van der Waals surface area contributed by atoms with Crippen LogP contribution < -0.4 is 10.0 Å². The third-order valence-corrected chi connectivity index (χ3v) is 1.44. The lowest BCUT2D eigenvalue weighted by atomic mass is 10.3. The number of phenolic OH excluding ortho intramolecular Hbond substituents is 1. The molecule has 0 aliphatic rings. The lowest BCUT2D eigenvalue weighted by Gasteiger charge is -2.06. The van der Waals surface area contributed by atoms with Gasteiger partial charge in [0.25, 0.3) is 0 Å². The standard InChI is InChI=1S/C6H8NO3P/c7-11(9)10-6-4-2-1-3-5(6)8/h1-4,8-9H,7H2. The van der Waals surface area contributed by atoms with Crippen molar-refractivity contribution in [1.29, 1.82) is 0 Å².